The summed E-state index contributed by atoms with van der Waals surface area (Å²) < 4.78 is 0. The lowest BCUT2D eigenvalue weighted by Gasteiger charge is -2.29. The molecule has 2 unspecified atom stereocenters. The molecule has 0 heterocycles. The van der Waals surface area contributed by atoms with Gasteiger partial charge in [0.1, 0.15) is 0 Å². The average Bonchev–Trinajstić information content (AvgIpc) is 1.61. The summed E-state index contributed by atoms with van der Waals surface area (Å²) >= 11 is 0. The second-order valence-corrected chi connectivity index (χ2v) is 2.31. The number of hydrogen-bond acceptors (Lipinski definition) is 0. The Kier molecular flexibility index (Phi) is 0.868. The Labute approximate surface area is 39.6 Å². The van der Waals surface area contributed by atoms with Gasteiger partial charge in [0.15, 0.2) is 0 Å². The zero-order valence-corrected chi connectivity index (χ0v) is 4.28. The van der Waals surface area contributed by atoms with Crippen molar-refractivity contribution in [1.82, 2.24) is 0 Å². The Morgan fingerprint density at radius 1 is 1.50 bits per heavy atom. The first-order valence-electron chi connectivity index (χ1n) is 2.64. The maximum atomic E-state index is 3.92. The van der Waals surface area contributed by atoms with Gasteiger partial charge in [-0.25, -0.2) is 0 Å². The van der Waals surface area contributed by atoms with Gasteiger partial charge in [-0.15, -0.1) is 0 Å². The second-order valence-electron chi connectivity index (χ2n) is 2.31. The Balaban J connectivity index is 2.20. The molecule has 6 heavy (non-hydrogen) atoms. The van der Waals surface area contributed by atoms with Crippen molar-refractivity contribution in [1.29, 1.82) is 0 Å². The van der Waals surface area contributed by atoms with Crippen molar-refractivity contribution in [2.45, 2.75) is 19.8 Å². The summed E-state index contributed by atoms with van der Waals surface area (Å²) in [6.45, 7) is 6.19. The molecule has 35 valence electrons. The minimum atomic E-state index is 0.782. The molecular formula is C6H11. The predicted molar refractivity (Wildman–Crippen MR) is 27.2 cm³/mol. The van der Waals surface area contributed by atoms with Crippen LogP contribution in [0.1, 0.15) is 19.8 Å². The second kappa shape index (κ2) is 1.25. The molecule has 0 bridgehead atoms. The van der Waals surface area contributed by atoms with Crippen LogP contribution in [0, 0.1) is 18.8 Å². The summed E-state index contributed by atoms with van der Waals surface area (Å²) in [4.78, 5) is 0. The molecule has 0 aromatic carbocycles. The summed E-state index contributed by atoms with van der Waals surface area (Å²) in [5.74, 6) is 1.70. The monoisotopic (exact) mass is 83.1 g/mol. The van der Waals surface area contributed by atoms with E-state index in [1.165, 1.54) is 12.8 Å². The Morgan fingerprint density at radius 2 is 2.00 bits per heavy atom. The van der Waals surface area contributed by atoms with Crippen LogP contribution in [0.3, 0.4) is 0 Å². The average molecular weight is 83.2 g/mol. The normalized spacial score (nSPS) is 45.0. The van der Waals surface area contributed by atoms with Gasteiger partial charge in [-0.05, 0) is 25.2 Å². The van der Waals surface area contributed by atoms with Gasteiger partial charge in [0.2, 0.25) is 0 Å². The molecular weight excluding hydrogens is 72.1 g/mol. The van der Waals surface area contributed by atoms with E-state index in [9.17, 15) is 0 Å². The molecule has 0 aromatic rings. The van der Waals surface area contributed by atoms with Crippen molar-refractivity contribution in [2.24, 2.45) is 11.8 Å². The maximum absolute atomic E-state index is 3.92. The molecule has 0 amide bonds. The van der Waals surface area contributed by atoms with Gasteiger partial charge >= 0.3 is 0 Å². The van der Waals surface area contributed by atoms with Crippen LogP contribution in [-0.2, 0) is 0 Å². The fourth-order valence-corrected chi connectivity index (χ4v) is 0.736. The highest BCUT2D eigenvalue weighted by Gasteiger charge is 2.20. The number of hydrogen-bond donors (Lipinski definition) is 0. The molecule has 1 saturated carbocycles. The lowest BCUT2D eigenvalue weighted by Crippen LogP contribution is -2.19. The molecule has 1 radical (unpaired) electrons. The largest absolute Gasteiger partial charge is 0.0622 e. The van der Waals surface area contributed by atoms with E-state index in [1.54, 1.807) is 0 Å². The topological polar surface area (TPSA) is 0 Å². The first-order valence-corrected chi connectivity index (χ1v) is 2.64. The lowest BCUT2D eigenvalue weighted by atomic mass is 9.77. The molecule has 0 aromatic heterocycles. The molecule has 1 rings (SSSR count). The number of rotatable bonds is 0. The van der Waals surface area contributed by atoms with Crippen LogP contribution < -0.4 is 0 Å². The molecule has 0 heteroatoms. The van der Waals surface area contributed by atoms with Crippen molar-refractivity contribution in [3.8, 4) is 0 Å². The van der Waals surface area contributed by atoms with Crippen molar-refractivity contribution in [3.63, 3.8) is 0 Å². The van der Waals surface area contributed by atoms with E-state index in [4.69, 9.17) is 0 Å². The zero-order valence-electron chi connectivity index (χ0n) is 4.28. The SMILES string of the molecule is [CH2]C1CCC1C. The summed E-state index contributed by atoms with van der Waals surface area (Å²) in [5, 5.41) is 0. The van der Waals surface area contributed by atoms with Crippen LogP contribution in [0.25, 0.3) is 0 Å². The highest BCUT2D eigenvalue weighted by atomic mass is 14.3. The van der Waals surface area contributed by atoms with Gasteiger partial charge in [0.25, 0.3) is 0 Å². The van der Waals surface area contributed by atoms with E-state index in [2.05, 4.69) is 13.8 Å². The summed E-state index contributed by atoms with van der Waals surface area (Å²) in [7, 11) is 0. The predicted octanol–water partition coefficient (Wildman–Crippen LogP) is 1.87. The van der Waals surface area contributed by atoms with Crippen LogP contribution in [-0.4, -0.2) is 0 Å². The van der Waals surface area contributed by atoms with E-state index >= 15 is 0 Å². The quantitative estimate of drug-likeness (QED) is 0.419. The highest BCUT2D eigenvalue weighted by Crippen LogP contribution is 2.31. The van der Waals surface area contributed by atoms with Crippen molar-refractivity contribution >= 4 is 0 Å². The zero-order chi connectivity index (χ0) is 4.57. The van der Waals surface area contributed by atoms with Crippen LogP contribution in [0.2, 0.25) is 0 Å². The Hall–Kier alpha value is 0. The van der Waals surface area contributed by atoms with E-state index in [1.807, 2.05) is 0 Å². The van der Waals surface area contributed by atoms with Crippen molar-refractivity contribution < 1.29 is 0 Å². The molecule has 0 aliphatic heterocycles. The third-order valence-electron chi connectivity index (χ3n) is 1.80. The van der Waals surface area contributed by atoms with E-state index in [-0.39, 0.29) is 0 Å². The standard InChI is InChI=1S/C6H11/c1-5-3-4-6(5)2/h5-6H,1,3-4H2,2H3. The van der Waals surface area contributed by atoms with Gasteiger partial charge in [0.05, 0.1) is 0 Å². The van der Waals surface area contributed by atoms with Gasteiger partial charge in [-0.2, -0.15) is 0 Å². The van der Waals surface area contributed by atoms with Crippen LogP contribution in [0.15, 0.2) is 0 Å². The van der Waals surface area contributed by atoms with Crippen molar-refractivity contribution in [3.05, 3.63) is 6.92 Å². The van der Waals surface area contributed by atoms with E-state index < -0.39 is 0 Å². The van der Waals surface area contributed by atoms with Crippen molar-refractivity contribution in [2.75, 3.05) is 0 Å². The van der Waals surface area contributed by atoms with Gasteiger partial charge in [-0.3, -0.25) is 0 Å². The molecule has 1 fully saturated rings. The summed E-state index contributed by atoms with van der Waals surface area (Å²) in [6, 6.07) is 0. The molecule has 0 spiro atoms. The van der Waals surface area contributed by atoms with Gasteiger partial charge < -0.3 is 0 Å². The molecule has 0 saturated heterocycles. The minimum absolute atomic E-state index is 0.782. The smallest absolute Gasteiger partial charge is 0.0388 e. The van der Waals surface area contributed by atoms with E-state index in [0.717, 1.165) is 11.8 Å². The lowest BCUT2D eigenvalue weighted by molar-refractivity contribution is 0.248. The third-order valence-corrected chi connectivity index (χ3v) is 1.80. The molecule has 1 aliphatic carbocycles. The van der Waals surface area contributed by atoms with Gasteiger partial charge in [-0.1, -0.05) is 13.3 Å². The summed E-state index contributed by atoms with van der Waals surface area (Å²) in [5.41, 5.74) is 0. The minimum Gasteiger partial charge on any atom is -0.0622 e. The van der Waals surface area contributed by atoms with Crippen LogP contribution in [0.5, 0.6) is 0 Å². The van der Waals surface area contributed by atoms with Gasteiger partial charge in [0, 0.05) is 0 Å². The third kappa shape index (κ3) is 0.444. The molecule has 0 nitrogen and oxygen atoms in total. The first kappa shape index (κ1) is 4.17. The maximum Gasteiger partial charge on any atom is -0.0388 e. The molecule has 1 aliphatic rings. The van der Waals surface area contributed by atoms with Crippen LogP contribution >= 0.6 is 0 Å². The highest BCUT2D eigenvalue weighted by molar-refractivity contribution is 4.77. The fraction of sp³-hybridized carbons (Fsp3) is 0.833. The van der Waals surface area contributed by atoms with Crippen LogP contribution in [0.4, 0.5) is 0 Å². The molecule has 0 N–H and O–H groups in total. The van der Waals surface area contributed by atoms with E-state index in [0.29, 0.717) is 0 Å². The summed E-state index contributed by atoms with van der Waals surface area (Å²) in [6.07, 6.45) is 2.77. The molecule has 2 atom stereocenters. The Bertz CT molecular complexity index is 40.0. The Morgan fingerprint density at radius 3 is 2.00 bits per heavy atom. The fourth-order valence-electron chi connectivity index (χ4n) is 0.736. The first-order chi connectivity index (χ1) is 2.80.